The number of oxazole rings is 1. The number of nitrogens with one attached hydrogen (secondary N) is 3. The van der Waals surface area contributed by atoms with Crippen LogP contribution in [-0.2, 0) is 11.3 Å². The summed E-state index contributed by atoms with van der Waals surface area (Å²) in [4.78, 5) is 41.7. The van der Waals surface area contributed by atoms with E-state index in [1.54, 1.807) is 31.2 Å². The summed E-state index contributed by atoms with van der Waals surface area (Å²) in [5, 5.41) is 5.23. The summed E-state index contributed by atoms with van der Waals surface area (Å²) in [6.07, 6.45) is 0.909. The largest absolute Gasteiger partial charge is 0.450 e. The molecule has 2 amide bonds. The van der Waals surface area contributed by atoms with E-state index in [1.807, 2.05) is 0 Å². The Balaban J connectivity index is 1.74. The maximum absolute atomic E-state index is 12.5. The lowest BCUT2D eigenvalue weighted by Crippen LogP contribution is -2.24. The van der Waals surface area contributed by atoms with Gasteiger partial charge >= 0.3 is 11.8 Å². The maximum atomic E-state index is 12.5. The molecule has 9 nitrogen and oxygen atoms in total. The Labute approximate surface area is 147 Å². The van der Waals surface area contributed by atoms with Gasteiger partial charge in [-0.15, -0.1) is 0 Å². The van der Waals surface area contributed by atoms with Crippen LogP contribution in [0.3, 0.4) is 0 Å². The molecule has 9 heteroatoms. The van der Waals surface area contributed by atoms with Gasteiger partial charge in [0, 0.05) is 11.8 Å². The number of para-hydroxylation sites is 1. The first-order valence-electron chi connectivity index (χ1n) is 7.85. The highest BCUT2D eigenvalue weighted by molar-refractivity contribution is 6.07. The van der Waals surface area contributed by atoms with Crippen molar-refractivity contribution in [3.8, 4) is 0 Å². The SMILES string of the molecule is CCOC(=O)NCc1cc(C(=O)Nc2cccc3[nH]c(=O)oc23)ccn1. The molecule has 0 aliphatic carbocycles. The second-order valence-corrected chi connectivity index (χ2v) is 5.26. The summed E-state index contributed by atoms with van der Waals surface area (Å²) in [5.41, 5.74) is 1.97. The van der Waals surface area contributed by atoms with Crippen LogP contribution >= 0.6 is 0 Å². The average molecular weight is 356 g/mol. The van der Waals surface area contributed by atoms with E-state index in [-0.39, 0.29) is 18.7 Å². The van der Waals surface area contributed by atoms with E-state index in [2.05, 4.69) is 20.6 Å². The number of aromatic amines is 1. The molecular weight excluding hydrogens is 340 g/mol. The summed E-state index contributed by atoms with van der Waals surface area (Å²) in [6.45, 7) is 2.10. The number of hydrogen-bond acceptors (Lipinski definition) is 6. The van der Waals surface area contributed by atoms with Crippen LogP contribution in [0, 0.1) is 0 Å². The Morgan fingerprint density at radius 1 is 1.31 bits per heavy atom. The predicted octanol–water partition coefficient (Wildman–Crippen LogP) is 2.01. The minimum absolute atomic E-state index is 0.127. The second kappa shape index (κ2) is 7.51. The number of nitrogens with zero attached hydrogens (tertiary/aromatic N) is 1. The number of anilines is 1. The van der Waals surface area contributed by atoms with Gasteiger partial charge in [0.1, 0.15) is 0 Å². The number of benzene rings is 1. The standard InChI is InChI=1S/C17H16N4O5/c1-2-25-16(23)19-9-11-8-10(6-7-18-11)15(22)20-12-4-3-5-13-14(12)26-17(24)21-13/h3-8H,2,9H2,1H3,(H,19,23)(H,20,22)(H,21,24). The zero-order valence-corrected chi connectivity index (χ0v) is 13.9. The molecule has 0 atom stereocenters. The van der Waals surface area contributed by atoms with E-state index in [1.165, 1.54) is 12.3 Å². The lowest BCUT2D eigenvalue weighted by Gasteiger charge is -2.08. The Bertz CT molecular complexity index is 1010. The number of carbonyl (C=O) groups excluding carboxylic acids is 2. The van der Waals surface area contributed by atoms with Gasteiger partial charge in [-0.25, -0.2) is 9.59 Å². The van der Waals surface area contributed by atoms with Crippen LogP contribution in [0.25, 0.3) is 11.1 Å². The molecule has 2 heterocycles. The van der Waals surface area contributed by atoms with Crippen LogP contribution in [0.4, 0.5) is 10.5 Å². The molecule has 0 fully saturated rings. The summed E-state index contributed by atoms with van der Waals surface area (Å²) >= 11 is 0. The highest BCUT2D eigenvalue weighted by Gasteiger charge is 2.12. The van der Waals surface area contributed by atoms with Gasteiger partial charge in [-0.05, 0) is 31.2 Å². The quantitative estimate of drug-likeness (QED) is 0.642. The highest BCUT2D eigenvalue weighted by Crippen LogP contribution is 2.21. The number of fused-ring (bicyclic) bond motifs is 1. The molecule has 2 aromatic heterocycles. The zero-order chi connectivity index (χ0) is 18.5. The van der Waals surface area contributed by atoms with Gasteiger partial charge in [0.2, 0.25) is 0 Å². The molecule has 0 unspecified atom stereocenters. The first kappa shape index (κ1) is 17.2. The molecule has 0 aliphatic heterocycles. The lowest BCUT2D eigenvalue weighted by molar-refractivity contribution is 0.102. The molecule has 0 radical (unpaired) electrons. The highest BCUT2D eigenvalue weighted by atomic mass is 16.5. The first-order chi connectivity index (χ1) is 12.6. The van der Waals surface area contributed by atoms with E-state index in [0.29, 0.717) is 22.5 Å². The number of H-pyrrole nitrogens is 1. The Hall–Kier alpha value is -3.62. The number of pyridine rings is 1. The van der Waals surface area contributed by atoms with Crippen molar-refractivity contribution in [3.63, 3.8) is 0 Å². The van der Waals surface area contributed by atoms with Crippen molar-refractivity contribution in [1.82, 2.24) is 15.3 Å². The van der Waals surface area contributed by atoms with E-state index >= 15 is 0 Å². The Morgan fingerprint density at radius 3 is 2.96 bits per heavy atom. The maximum Gasteiger partial charge on any atom is 0.417 e. The van der Waals surface area contributed by atoms with Gasteiger partial charge in [0.25, 0.3) is 5.91 Å². The van der Waals surface area contributed by atoms with Crippen molar-refractivity contribution in [2.24, 2.45) is 0 Å². The average Bonchev–Trinajstić information content (AvgIpc) is 3.02. The fourth-order valence-electron chi connectivity index (χ4n) is 2.33. The number of ether oxygens (including phenoxy) is 1. The number of rotatable bonds is 5. The predicted molar refractivity (Wildman–Crippen MR) is 92.9 cm³/mol. The molecular formula is C17H16N4O5. The lowest BCUT2D eigenvalue weighted by atomic mass is 10.2. The third-order valence-electron chi connectivity index (χ3n) is 3.46. The fourth-order valence-corrected chi connectivity index (χ4v) is 2.33. The van der Waals surface area contributed by atoms with Crippen molar-refractivity contribution in [3.05, 3.63) is 58.3 Å². The van der Waals surface area contributed by atoms with Crippen molar-refractivity contribution < 1.29 is 18.7 Å². The molecule has 1 aromatic carbocycles. The summed E-state index contributed by atoms with van der Waals surface area (Å²) in [7, 11) is 0. The van der Waals surface area contributed by atoms with Gasteiger partial charge < -0.3 is 19.8 Å². The zero-order valence-electron chi connectivity index (χ0n) is 13.9. The van der Waals surface area contributed by atoms with Gasteiger partial charge in [-0.1, -0.05) is 6.07 Å². The molecule has 26 heavy (non-hydrogen) atoms. The smallest absolute Gasteiger partial charge is 0.417 e. The van der Waals surface area contributed by atoms with E-state index in [0.717, 1.165) is 0 Å². The van der Waals surface area contributed by atoms with E-state index in [4.69, 9.17) is 9.15 Å². The molecule has 3 N–H and O–H groups in total. The van der Waals surface area contributed by atoms with E-state index < -0.39 is 17.8 Å². The third kappa shape index (κ3) is 3.89. The van der Waals surface area contributed by atoms with Gasteiger partial charge in [-0.3, -0.25) is 14.8 Å². The second-order valence-electron chi connectivity index (χ2n) is 5.26. The molecule has 0 bridgehead atoms. The summed E-state index contributed by atoms with van der Waals surface area (Å²) in [6, 6.07) is 8.07. The van der Waals surface area contributed by atoms with Crippen LogP contribution in [0.1, 0.15) is 23.0 Å². The molecule has 0 aliphatic rings. The first-order valence-corrected chi connectivity index (χ1v) is 7.85. The number of amides is 2. The van der Waals surface area contributed by atoms with Crippen molar-refractivity contribution in [1.29, 1.82) is 0 Å². The van der Waals surface area contributed by atoms with Crippen LogP contribution < -0.4 is 16.4 Å². The van der Waals surface area contributed by atoms with Gasteiger partial charge in [0.15, 0.2) is 5.58 Å². The van der Waals surface area contributed by atoms with Crippen molar-refractivity contribution in [2.45, 2.75) is 13.5 Å². The number of alkyl carbamates (subject to hydrolysis) is 1. The minimum atomic E-state index is -0.599. The summed E-state index contributed by atoms with van der Waals surface area (Å²) in [5.74, 6) is -1.00. The molecule has 3 rings (SSSR count). The topological polar surface area (TPSA) is 126 Å². The molecule has 0 spiro atoms. The molecule has 134 valence electrons. The molecule has 0 saturated carbocycles. The summed E-state index contributed by atoms with van der Waals surface area (Å²) < 4.78 is 9.82. The minimum Gasteiger partial charge on any atom is -0.450 e. The van der Waals surface area contributed by atoms with Gasteiger partial charge in [0.05, 0.1) is 30.0 Å². The third-order valence-corrected chi connectivity index (χ3v) is 3.46. The van der Waals surface area contributed by atoms with Gasteiger partial charge in [-0.2, -0.15) is 0 Å². The fraction of sp³-hybridized carbons (Fsp3) is 0.176. The van der Waals surface area contributed by atoms with Crippen LogP contribution in [0.2, 0.25) is 0 Å². The van der Waals surface area contributed by atoms with Crippen LogP contribution in [0.5, 0.6) is 0 Å². The number of aromatic nitrogens is 2. The normalized spacial score (nSPS) is 10.5. The van der Waals surface area contributed by atoms with Crippen molar-refractivity contribution in [2.75, 3.05) is 11.9 Å². The number of carbonyl (C=O) groups is 2. The van der Waals surface area contributed by atoms with Crippen molar-refractivity contribution >= 4 is 28.8 Å². The Kier molecular flexibility index (Phi) is 4.97. The van der Waals surface area contributed by atoms with E-state index in [9.17, 15) is 14.4 Å². The van der Waals surface area contributed by atoms with Crippen LogP contribution in [-0.4, -0.2) is 28.6 Å². The van der Waals surface area contributed by atoms with Crippen LogP contribution in [0.15, 0.2) is 45.7 Å². The monoisotopic (exact) mass is 356 g/mol. The number of hydrogen-bond donors (Lipinski definition) is 3. The molecule has 0 saturated heterocycles. The Morgan fingerprint density at radius 2 is 2.15 bits per heavy atom. The molecule has 3 aromatic rings.